The monoisotopic (exact) mass is 528 g/mol. The summed E-state index contributed by atoms with van der Waals surface area (Å²) >= 11 is 0. The third-order valence-corrected chi connectivity index (χ3v) is 7.52. The second-order valence-electron chi connectivity index (χ2n) is 11.4. The van der Waals surface area contributed by atoms with E-state index in [0.29, 0.717) is 32.6 Å². The van der Waals surface area contributed by atoms with Crippen LogP contribution in [-0.2, 0) is 23.9 Å². The van der Waals surface area contributed by atoms with Gasteiger partial charge >= 0.3 is 12.1 Å². The number of benzene rings is 1. The highest BCUT2D eigenvalue weighted by Gasteiger charge is 2.51. The molecule has 208 valence electrons. The number of anilines is 1. The maximum Gasteiger partial charge on any atom is 0.408 e. The van der Waals surface area contributed by atoms with Crippen molar-refractivity contribution in [3.05, 3.63) is 30.3 Å². The van der Waals surface area contributed by atoms with E-state index in [2.05, 4.69) is 15.5 Å². The second kappa shape index (κ2) is 11.6. The van der Waals surface area contributed by atoms with E-state index in [4.69, 9.17) is 9.47 Å². The highest BCUT2D eigenvalue weighted by atomic mass is 16.6. The van der Waals surface area contributed by atoms with Crippen LogP contribution in [0, 0.1) is 0 Å². The van der Waals surface area contributed by atoms with Gasteiger partial charge in [0.15, 0.2) is 0 Å². The van der Waals surface area contributed by atoms with Gasteiger partial charge in [-0.3, -0.25) is 14.4 Å². The number of carbonyl (C=O) groups is 4. The largest absolute Gasteiger partial charge is 0.462 e. The maximum atomic E-state index is 13.6. The van der Waals surface area contributed by atoms with Crippen molar-refractivity contribution < 1.29 is 28.7 Å². The molecule has 2 aliphatic heterocycles. The molecule has 3 fully saturated rings. The van der Waals surface area contributed by atoms with Crippen LogP contribution in [0.3, 0.4) is 0 Å². The van der Waals surface area contributed by atoms with Gasteiger partial charge in [0.05, 0.1) is 13.1 Å². The maximum absolute atomic E-state index is 13.6. The van der Waals surface area contributed by atoms with Gasteiger partial charge in [-0.25, -0.2) is 4.79 Å². The lowest BCUT2D eigenvalue weighted by Gasteiger charge is -2.44. The Hall–Kier alpha value is -3.30. The molecule has 2 N–H and O–H groups in total. The minimum atomic E-state index is -1.11. The summed E-state index contributed by atoms with van der Waals surface area (Å²) in [5.74, 6) is -0.936. The Morgan fingerprint density at radius 1 is 1.08 bits per heavy atom. The molecule has 2 heterocycles. The van der Waals surface area contributed by atoms with E-state index in [1.807, 2.05) is 30.3 Å². The Bertz CT molecular complexity index is 1010. The molecule has 0 aromatic heterocycles. The fourth-order valence-corrected chi connectivity index (χ4v) is 5.58. The molecule has 3 amide bonds. The van der Waals surface area contributed by atoms with E-state index in [1.165, 1.54) is 0 Å². The number of nitrogens with zero attached hydrogens (tertiary/aromatic N) is 2. The first kappa shape index (κ1) is 27.7. The van der Waals surface area contributed by atoms with E-state index in [-0.39, 0.29) is 24.3 Å². The number of amides is 3. The fraction of sp³-hybridized carbons (Fsp3) is 0.643. The standard InChI is InChI=1S/C28H40N4O6/c1-27(2,3)38-26(36)30-22(18-23(33)37-21-12-8-5-9-13-21)24(34)31-16-14-28(15-17-31)25(35)29-19-32(28)20-10-6-4-7-11-20/h4,6-7,10-11,21-22H,5,8-9,12-19H2,1-3H3,(H,29,35)(H,30,36)/t22-/m0/s1. The molecule has 1 saturated carbocycles. The van der Waals surface area contributed by atoms with Gasteiger partial charge < -0.3 is 29.9 Å². The van der Waals surface area contributed by atoms with E-state index in [1.54, 1.807) is 25.7 Å². The summed E-state index contributed by atoms with van der Waals surface area (Å²) in [4.78, 5) is 55.6. The minimum Gasteiger partial charge on any atom is -0.462 e. The van der Waals surface area contributed by atoms with Gasteiger partial charge in [-0.05, 0) is 71.4 Å². The number of ether oxygens (including phenoxy) is 2. The number of esters is 1. The molecule has 1 atom stereocenters. The smallest absolute Gasteiger partial charge is 0.408 e. The SMILES string of the molecule is CC(C)(C)OC(=O)N[C@@H](CC(=O)OC1CCCCC1)C(=O)N1CCC2(CC1)C(=O)NCN2c1ccccc1. The van der Waals surface area contributed by atoms with E-state index >= 15 is 0 Å². The van der Waals surface area contributed by atoms with Gasteiger partial charge in [0.2, 0.25) is 11.8 Å². The van der Waals surface area contributed by atoms with Crippen LogP contribution in [0.15, 0.2) is 30.3 Å². The number of carbonyl (C=O) groups excluding carboxylic acids is 4. The van der Waals surface area contributed by atoms with Crippen molar-refractivity contribution in [3.63, 3.8) is 0 Å². The molecule has 1 aliphatic carbocycles. The summed E-state index contributed by atoms with van der Waals surface area (Å²) in [6, 6.07) is 8.63. The van der Waals surface area contributed by atoms with Gasteiger partial charge in [-0.15, -0.1) is 0 Å². The molecule has 38 heavy (non-hydrogen) atoms. The van der Waals surface area contributed by atoms with Gasteiger partial charge in [0.1, 0.15) is 23.3 Å². The number of piperidine rings is 1. The normalized spacial score (nSPS) is 20.6. The van der Waals surface area contributed by atoms with Crippen molar-refractivity contribution in [2.45, 2.75) is 95.4 Å². The van der Waals surface area contributed by atoms with Crippen LogP contribution in [0.5, 0.6) is 0 Å². The molecule has 10 heteroatoms. The molecule has 1 spiro atoms. The highest BCUT2D eigenvalue weighted by Crippen LogP contribution is 2.36. The van der Waals surface area contributed by atoms with Gasteiger partial charge in [-0.2, -0.15) is 0 Å². The van der Waals surface area contributed by atoms with Crippen LogP contribution in [0.4, 0.5) is 10.5 Å². The van der Waals surface area contributed by atoms with Crippen molar-refractivity contribution in [3.8, 4) is 0 Å². The number of hydrogen-bond donors (Lipinski definition) is 2. The Labute approximate surface area is 224 Å². The molecule has 10 nitrogen and oxygen atoms in total. The zero-order valence-electron chi connectivity index (χ0n) is 22.7. The number of hydrogen-bond acceptors (Lipinski definition) is 7. The predicted molar refractivity (Wildman–Crippen MR) is 141 cm³/mol. The zero-order chi connectivity index (χ0) is 27.3. The minimum absolute atomic E-state index is 0.0482. The van der Waals surface area contributed by atoms with Crippen LogP contribution in [0.1, 0.15) is 72.1 Å². The van der Waals surface area contributed by atoms with Crippen molar-refractivity contribution in [2.24, 2.45) is 0 Å². The Kier molecular flexibility index (Phi) is 8.47. The average molecular weight is 529 g/mol. The number of likely N-dealkylation sites (tertiary alicyclic amines) is 1. The number of nitrogens with one attached hydrogen (secondary N) is 2. The Balaban J connectivity index is 1.43. The Morgan fingerprint density at radius 3 is 2.37 bits per heavy atom. The molecule has 1 aromatic rings. The fourth-order valence-electron chi connectivity index (χ4n) is 5.58. The molecule has 1 aromatic carbocycles. The van der Waals surface area contributed by atoms with Crippen LogP contribution in [0.2, 0.25) is 0 Å². The summed E-state index contributed by atoms with van der Waals surface area (Å²) in [5, 5.41) is 5.56. The summed E-state index contributed by atoms with van der Waals surface area (Å²) in [5.41, 5.74) is -0.554. The molecule has 0 unspecified atom stereocenters. The van der Waals surface area contributed by atoms with Gasteiger partial charge in [0.25, 0.3) is 0 Å². The molecule has 0 radical (unpaired) electrons. The van der Waals surface area contributed by atoms with E-state index in [0.717, 1.165) is 37.8 Å². The first-order valence-corrected chi connectivity index (χ1v) is 13.7. The van der Waals surface area contributed by atoms with E-state index < -0.39 is 29.2 Å². The number of rotatable bonds is 6. The quantitative estimate of drug-likeness (QED) is 0.545. The summed E-state index contributed by atoms with van der Waals surface area (Å²) < 4.78 is 11.0. The lowest BCUT2D eigenvalue weighted by atomic mass is 9.85. The third-order valence-electron chi connectivity index (χ3n) is 7.52. The van der Waals surface area contributed by atoms with Crippen molar-refractivity contribution in [1.82, 2.24) is 15.5 Å². The molecule has 3 aliphatic rings. The third kappa shape index (κ3) is 6.57. The summed E-state index contributed by atoms with van der Waals surface area (Å²) in [6.07, 6.45) is 4.48. The lowest BCUT2D eigenvalue weighted by molar-refractivity contribution is -0.153. The topological polar surface area (TPSA) is 117 Å². The van der Waals surface area contributed by atoms with Crippen LogP contribution < -0.4 is 15.5 Å². The van der Waals surface area contributed by atoms with Crippen molar-refractivity contribution in [2.75, 3.05) is 24.7 Å². The summed E-state index contributed by atoms with van der Waals surface area (Å²) in [6.45, 7) is 6.24. The van der Waals surface area contributed by atoms with Crippen molar-refractivity contribution in [1.29, 1.82) is 0 Å². The Morgan fingerprint density at radius 2 is 1.74 bits per heavy atom. The lowest BCUT2D eigenvalue weighted by Crippen LogP contribution is -2.59. The molecular weight excluding hydrogens is 488 g/mol. The van der Waals surface area contributed by atoms with Crippen LogP contribution in [0.25, 0.3) is 0 Å². The average Bonchev–Trinajstić information content (AvgIpc) is 3.18. The van der Waals surface area contributed by atoms with Gasteiger partial charge in [-0.1, -0.05) is 24.6 Å². The number of alkyl carbamates (subject to hydrolysis) is 1. The number of para-hydroxylation sites is 1. The summed E-state index contributed by atoms with van der Waals surface area (Å²) in [7, 11) is 0. The molecule has 2 saturated heterocycles. The first-order valence-electron chi connectivity index (χ1n) is 13.7. The molecular formula is C28H40N4O6. The first-order chi connectivity index (χ1) is 18.1. The molecule has 0 bridgehead atoms. The van der Waals surface area contributed by atoms with E-state index in [9.17, 15) is 19.2 Å². The second-order valence-corrected chi connectivity index (χ2v) is 11.4. The zero-order valence-corrected chi connectivity index (χ0v) is 22.7. The predicted octanol–water partition coefficient (Wildman–Crippen LogP) is 3.10. The van der Waals surface area contributed by atoms with Crippen LogP contribution >= 0.6 is 0 Å². The molecule has 4 rings (SSSR count). The highest BCUT2D eigenvalue weighted by molar-refractivity contribution is 5.94. The van der Waals surface area contributed by atoms with Crippen LogP contribution in [-0.4, -0.2) is 71.8 Å². The van der Waals surface area contributed by atoms with Gasteiger partial charge in [0, 0.05) is 18.8 Å². The van der Waals surface area contributed by atoms with Crippen molar-refractivity contribution >= 4 is 29.6 Å².